The Morgan fingerprint density at radius 1 is 1.08 bits per heavy atom. The minimum absolute atomic E-state index is 0.262. The highest BCUT2D eigenvalue weighted by molar-refractivity contribution is 14.1. The van der Waals surface area contributed by atoms with Gasteiger partial charge in [-0.2, -0.15) is 0 Å². The molecule has 0 aliphatic carbocycles. The molecule has 2 aromatic rings. The molecule has 24 heavy (non-hydrogen) atoms. The van der Waals surface area contributed by atoms with E-state index >= 15 is 0 Å². The van der Waals surface area contributed by atoms with Crippen molar-refractivity contribution in [2.45, 2.75) is 24.9 Å². The normalized spacial score (nSPS) is 17.4. The van der Waals surface area contributed by atoms with Crippen LogP contribution in [0.25, 0.3) is 0 Å². The second-order valence-corrected chi connectivity index (χ2v) is 7.48. The highest BCUT2D eigenvalue weighted by Gasteiger charge is 2.40. The molecule has 4 nitrogen and oxygen atoms in total. The van der Waals surface area contributed by atoms with E-state index in [1.807, 2.05) is 30.3 Å². The number of para-hydroxylation sites is 1. The number of carbonyl (C=O) groups excluding carboxylic acids is 1. The summed E-state index contributed by atoms with van der Waals surface area (Å²) in [6, 6.07) is 18.4. The van der Waals surface area contributed by atoms with Crippen LogP contribution in [0.4, 0.5) is 5.69 Å². The maximum Gasteiger partial charge on any atom is 0.243 e. The van der Waals surface area contributed by atoms with Gasteiger partial charge in [-0.1, -0.05) is 42.5 Å². The van der Waals surface area contributed by atoms with Gasteiger partial charge in [-0.05, 0) is 53.1 Å². The smallest absolute Gasteiger partial charge is 0.243 e. The second kappa shape index (κ2) is 7.53. The van der Waals surface area contributed by atoms with E-state index in [9.17, 15) is 4.79 Å². The number of halogens is 1. The van der Waals surface area contributed by atoms with Crippen molar-refractivity contribution in [3.05, 3.63) is 63.7 Å². The van der Waals surface area contributed by atoms with Gasteiger partial charge in [0.25, 0.3) is 0 Å². The summed E-state index contributed by atoms with van der Waals surface area (Å²) in [5.74, 6) is -0.262. The van der Waals surface area contributed by atoms with Gasteiger partial charge >= 0.3 is 0 Å². The van der Waals surface area contributed by atoms with Gasteiger partial charge in [0.15, 0.2) is 0 Å². The van der Waals surface area contributed by atoms with E-state index < -0.39 is 5.54 Å². The molecule has 0 unspecified atom stereocenters. The lowest BCUT2D eigenvalue weighted by Gasteiger charge is -2.41. The standard InChI is InChI=1S/C19H22IN3O/c20-16-8-4-5-9-17(16)22-19(18(21)24)10-12-23(13-11-19)14-15-6-2-1-3-7-15/h1-9,22H,10-14H2,(H2,21,24). The van der Waals surface area contributed by atoms with Crippen molar-refractivity contribution >= 4 is 34.2 Å². The van der Waals surface area contributed by atoms with Gasteiger partial charge in [-0.3, -0.25) is 9.69 Å². The van der Waals surface area contributed by atoms with Gasteiger partial charge in [-0.25, -0.2) is 0 Å². The van der Waals surface area contributed by atoms with Crippen LogP contribution in [-0.4, -0.2) is 29.4 Å². The van der Waals surface area contributed by atoms with Crippen molar-refractivity contribution in [2.75, 3.05) is 18.4 Å². The van der Waals surface area contributed by atoms with E-state index in [0.29, 0.717) is 0 Å². The van der Waals surface area contributed by atoms with Crippen LogP contribution in [0.2, 0.25) is 0 Å². The minimum atomic E-state index is -0.658. The van der Waals surface area contributed by atoms with E-state index in [1.165, 1.54) is 5.56 Å². The number of likely N-dealkylation sites (tertiary alicyclic amines) is 1. The number of nitrogens with zero attached hydrogens (tertiary/aromatic N) is 1. The first-order valence-electron chi connectivity index (χ1n) is 8.18. The summed E-state index contributed by atoms with van der Waals surface area (Å²) in [5, 5.41) is 3.44. The average Bonchev–Trinajstić information content (AvgIpc) is 2.59. The molecule has 1 amide bonds. The van der Waals surface area contributed by atoms with Gasteiger partial charge in [0.05, 0.1) is 0 Å². The summed E-state index contributed by atoms with van der Waals surface area (Å²) in [5.41, 5.74) is 7.40. The summed E-state index contributed by atoms with van der Waals surface area (Å²) in [6.45, 7) is 2.63. The summed E-state index contributed by atoms with van der Waals surface area (Å²) >= 11 is 2.28. The van der Waals surface area contributed by atoms with E-state index in [4.69, 9.17) is 5.73 Å². The molecule has 1 aliphatic rings. The van der Waals surface area contributed by atoms with Crippen molar-refractivity contribution in [3.8, 4) is 0 Å². The predicted molar refractivity (Wildman–Crippen MR) is 106 cm³/mol. The molecule has 0 atom stereocenters. The zero-order valence-corrected chi connectivity index (χ0v) is 15.7. The fourth-order valence-corrected chi connectivity index (χ4v) is 3.71. The van der Waals surface area contributed by atoms with Crippen LogP contribution in [0, 0.1) is 3.57 Å². The first-order valence-corrected chi connectivity index (χ1v) is 9.26. The van der Waals surface area contributed by atoms with E-state index in [1.54, 1.807) is 0 Å². The molecule has 5 heteroatoms. The fraction of sp³-hybridized carbons (Fsp3) is 0.316. The van der Waals surface area contributed by atoms with Crippen LogP contribution >= 0.6 is 22.6 Å². The first-order chi connectivity index (χ1) is 11.6. The zero-order valence-electron chi connectivity index (χ0n) is 13.5. The monoisotopic (exact) mass is 435 g/mol. The minimum Gasteiger partial charge on any atom is -0.370 e. The van der Waals surface area contributed by atoms with Crippen LogP contribution in [0.3, 0.4) is 0 Å². The average molecular weight is 435 g/mol. The lowest BCUT2D eigenvalue weighted by molar-refractivity contribution is -0.123. The van der Waals surface area contributed by atoms with E-state index in [-0.39, 0.29) is 5.91 Å². The van der Waals surface area contributed by atoms with Crippen LogP contribution in [0.5, 0.6) is 0 Å². The number of benzene rings is 2. The Balaban J connectivity index is 1.68. The van der Waals surface area contributed by atoms with Crippen LogP contribution in [-0.2, 0) is 11.3 Å². The molecule has 0 bridgehead atoms. The Bertz CT molecular complexity index is 697. The number of nitrogens with one attached hydrogen (secondary N) is 1. The molecule has 3 rings (SSSR count). The number of rotatable bonds is 5. The quantitative estimate of drug-likeness (QED) is 0.710. The maximum absolute atomic E-state index is 12.2. The number of nitrogens with two attached hydrogens (primary N) is 1. The Morgan fingerprint density at radius 3 is 2.33 bits per heavy atom. The first kappa shape index (κ1) is 17.2. The fourth-order valence-electron chi connectivity index (χ4n) is 3.19. The number of amides is 1. The summed E-state index contributed by atoms with van der Waals surface area (Å²) in [4.78, 5) is 14.6. The van der Waals surface area contributed by atoms with Crippen LogP contribution < -0.4 is 11.1 Å². The number of anilines is 1. The molecule has 0 spiro atoms. The third-order valence-corrected chi connectivity index (χ3v) is 5.62. The van der Waals surface area contributed by atoms with Crippen LogP contribution in [0.1, 0.15) is 18.4 Å². The number of piperidine rings is 1. The lowest BCUT2D eigenvalue weighted by atomic mass is 9.86. The number of carbonyl (C=O) groups is 1. The third-order valence-electron chi connectivity index (χ3n) is 4.68. The Labute approximate surface area is 156 Å². The van der Waals surface area contributed by atoms with Crippen molar-refractivity contribution in [1.29, 1.82) is 0 Å². The topological polar surface area (TPSA) is 58.4 Å². The molecule has 1 saturated heterocycles. The lowest BCUT2D eigenvalue weighted by Crippen LogP contribution is -2.57. The van der Waals surface area contributed by atoms with Gasteiger partial charge in [-0.15, -0.1) is 0 Å². The van der Waals surface area contributed by atoms with Crippen molar-refractivity contribution in [2.24, 2.45) is 5.73 Å². The van der Waals surface area contributed by atoms with Crippen molar-refractivity contribution in [3.63, 3.8) is 0 Å². The van der Waals surface area contributed by atoms with Crippen LogP contribution in [0.15, 0.2) is 54.6 Å². The molecule has 1 heterocycles. The van der Waals surface area contributed by atoms with Gasteiger partial charge in [0.1, 0.15) is 5.54 Å². The van der Waals surface area contributed by atoms with Gasteiger partial charge in [0.2, 0.25) is 5.91 Å². The number of hydrogen-bond donors (Lipinski definition) is 2. The third kappa shape index (κ3) is 3.89. The molecule has 1 fully saturated rings. The molecule has 126 valence electrons. The maximum atomic E-state index is 12.2. The molecule has 0 radical (unpaired) electrons. The predicted octanol–water partition coefficient (Wildman–Crippen LogP) is 3.22. The molecular weight excluding hydrogens is 413 g/mol. The number of primary amides is 1. The molecule has 0 aromatic heterocycles. The SMILES string of the molecule is NC(=O)C1(Nc2ccccc2I)CCN(Cc2ccccc2)CC1. The van der Waals surface area contributed by atoms with Crippen molar-refractivity contribution < 1.29 is 4.79 Å². The highest BCUT2D eigenvalue weighted by atomic mass is 127. The van der Waals surface area contributed by atoms with E-state index in [2.05, 4.69) is 57.1 Å². The Kier molecular flexibility index (Phi) is 5.40. The number of hydrogen-bond acceptors (Lipinski definition) is 3. The Morgan fingerprint density at radius 2 is 1.71 bits per heavy atom. The molecule has 2 aromatic carbocycles. The summed E-state index contributed by atoms with van der Waals surface area (Å²) in [7, 11) is 0. The highest BCUT2D eigenvalue weighted by Crippen LogP contribution is 2.29. The molecule has 3 N–H and O–H groups in total. The Hall–Kier alpha value is -1.60. The largest absolute Gasteiger partial charge is 0.370 e. The van der Waals surface area contributed by atoms with Gasteiger partial charge < -0.3 is 11.1 Å². The molecule has 0 saturated carbocycles. The molecule has 1 aliphatic heterocycles. The van der Waals surface area contributed by atoms with E-state index in [0.717, 1.165) is 41.7 Å². The van der Waals surface area contributed by atoms with Crippen molar-refractivity contribution in [1.82, 2.24) is 4.90 Å². The summed E-state index contributed by atoms with van der Waals surface area (Å²) < 4.78 is 1.10. The van der Waals surface area contributed by atoms with Gasteiger partial charge in [0, 0.05) is 28.9 Å². The summed E-state index contributed by atoms with van der Waals surface area (Å²) in [6.07, 6.45) is 1.44. The second-order valence-electron chi connectivity index (χ2n) is 6.31. The zero-order chi connectivity index (χ0) is 17.0. The molecular formula is C19H22IN3O.